The van der Waals surface area contributed by atoms with Crippen LogP contribution in [0.5, 0.6) is 0 Å². The molecule has 2 N–H and O–H groups in total. The molecule has 0 radical (unpaired) electrons. The Hall–Kier alpha value is -2.09. The Balaban J connectivity index is 2.44. The zero-order chi connectivity index (χ0) is 18.1. The van der Waals surface area contributed by atoms with Gasteiger partial charge in [-0.25, -0.2) is 9.37 Å². The molecule has 2 rings (SSSR count). The van der Waals surface area contributed by atoms with E-state index in [0.717, 1.165) is 6.07 Å². The van der Waals surface area contributed by atoms with Crippen LogP contribution in [0.2, 0.25) is 5.02 Å². The summed E-state index contributed by atoms with van der Waals surface area (Å²) >= 11 is 5.77. The number of aromatic nitrogens is 2. The molecule has 130 valence electrons. The number of benzene rings is 1. The normalized spacial score (nSPS) is 12.2. The van der Waals surface area contributed by atoms with E-state index < -0.39 is 23.2 Å². The molecule has 0 unspecified atom stereocenters. The fourth-order valence-electron chi connectivity index (χ4n) is 1.78. The molecule has 2 aromatic rings. The van der Waals surface area contributed by atoms with Gasteiger partial charge in [-0.3, -0.25) is 0 Å². The number of anilines is 3. The van der Waals surface area contributed by atoms with Crippen LogP contribution in [0.15, 0.2) is 24.3 Å². The lowest BCUT2D eigenvalue weighted by Gasteiger charge is -2.21. The highest BCUT2D eigenvalue weighted by Crippen LogP contribution is 2.31. The number of halogens is 5. The van der Waals surface area contributed by atoms with Gasteiger partial charge in [0.2, 0.25) is 5.95 Å². The van der Waals surface area contributed by atoms with Crippen molar-refractivity contribution in [2.75, 3.05) is 10.6 Å². The SMILES string of the molecule is CC(C)(C)Nc1nc(Nc2cc(Cl)ccc2F)cc(C(F)(F)F)n1. The molecule has 9 heteroatoms. The summed E-state index contributed by atoms with van der Waals surface area (Å²) in [4.78, 5) is 7.42. The molecule has 1 aromatic heterocycles. The van der Waals surface area contributed by atoms with Crippen molar-refractivity contribution in [1.82, 2.24) is 9.97 Å². The molecule has 0 fully saturated rings. The second-order valence-corrected chi connectivity index (χ2v) is 6.52. The molecule has 0 amide bonds. The lowest BCUT2D eigenvalue weighted by molar-refractivity contribution is -0.141. The molecule has 0 spiro atoms. The van der Waals surface area contributed by atoms with E-state index in [4.69, 9.17) is 11.6 Å². The first kappa shape index (κ1) is 18.3. The molecule has 0 saturated heterocycles. The van der Waals surface area contributed by atoms with Crippen molar-refractivity contribution in [2.24, 2.45) is 0 Å². The summed E-state index contributed by atoms with van der Waals surface area (Å²) in [6.07, 6.45) is -4.67. The van der Waals surface area contributed by atoms with Gasteiger partial charge in [0.25, 0.3) is 0 Å². The summed E-state index contributed by atoms with van der Waals surface area (Å²) in [6, 6.07) is 4.39. The molecule has 0 atom stereocenters. The first-order chi connectivity index (χ1) is 10.9. The van der Waals surface area contributed by atoms with Crippen LogP contribution in [0, 0.1) is 5.82 Å². The number of nitrogens with one attached hydrogen (secondary N) is 2. The van der Waals surface area contributed by atoms with Gasteiger partial charge in [0.05, 0.1) is 5.69 Å². The first-order valence-corrected chi connectivity index (χ1v) is 7.28. The number of alkyl halides is 3. The van der Waals surface area contributed by atoms with Crippen molar-refractivity contribution in [3.63, 3.8) is 0 Å². The quantitative estimate of drug-likeness (QED) is 0.733. The van der Waals surface area contributed by atoms with Gasteiger partial charge in [0.1, 0.15) is 11.6 Å². The summed E-state index contributed by atoms with van der Waals surface area (Å²) in [5.74, 6) is -1.09. The van der Waals surface area contributed by atoms with Crippen molar-refractivity contribution in [3.05, 3.63) is 40.8 Å². The van der Waals surface area contributed by atoms with Crippen LogP contribution in [-0.2, 0) is 6.18 Å². The molecule has 1 heterocycles. The smallest absolute Gasteiger partial charge is 0.350 e. The second-order valence-electron chi connectivity index (χ2n) is 6.08. The van der Waals surface area contributed by atoms with Crippen LogP contribution >= 0.6 is 11.6 Å². The van der Waals surface area contributed by atoms with Crippen LogP contribution in [0.1, 0.15) is 26.5 Å². The number of hydrogen-bond donors (Lipinski definition) is 2. The van der Waals surface area contributed by atoms with E-state index in [9.17, 15) is 17.6 Å². The van der Waals surface area contributed by atoms with Gasteiger partial charge in [-0.15, -0.1) is 0 Å². The topological polar surface area (TPSA) is 49.8 Å². The summed E-state index contributed by atoms with van der Waals surface area (Å²) in [5.41, 5.74) is -1.78. The van der Waals surface area contributed by atoms with E-state index in [1.165, 1.54) is 12.1 Å². The monoisotopic (exact) mass is 362 g/mol. The number of rotatable bonds is 3. The molecule has 24 heavy (non-hydrogen) atoms. The third-order valence-electron chi connectivity index (χ3n) is 2.69. The zero-order valence-electron chi connectivity index (χ0n) is 13.1. The standard InChI is InChI=1S/C15H15ClF4N4/c1-14(2,3)24-13-22-11(15(18,19)20)7-12(23-13)21-10-6-8(16)4-5-9(10)17/h4-7H,1-3H3,(H2,21,22,23,24). The largest absolute Gasteiger partial charge is 0.433 e. The predicted octanol–water partition coefficient (Wildman–Crippen LogP) is 5.24. The highest BCUT2D eigenvalue weighted by Gasteiger charge is 2.34. The van der Waals surface area contributed by atoms with Crippen LogP contribution in [-0.4, -0.2) is 15.5 Å². The molecule has 0 aliphatic rings. The predicted molar refractivity (Wildman–Crippen MR) is 85.1 cm³/mol. The maximum Gasteiger partial charge on any atom is 0.433 e. The Morgan fingerprint density at radius 1 is 1.04 bits per heavy atom. The minimum Gasteiger partial charge on any atom is -0.350 e. The van der Waals surface area contributed by atoms with Gasteiger partial charge in [-0.1, -0.05) is 11.6 Å². The maximum atomic E-state index is 13.8. The van der Waals surface area contributed by atoms with E-state index in [2.05, 4.69) is 20.6 Å². The lowest BCUT2D eigenvalue weighted by atomic mass is 10.1. The van der Waals surface area contributed by atoms with Crippen LogP contribution < -0.4 is 10.6 Å². The number of nitrogens with zero attached hydrogens (tertiary/aromatic N) is 2. The Kier molecular flexibility index (Phi) is 4.89. The fraction of sp³-hybridized carbons (Fsp3) is 0.333. The highest BCUT2D eigenvalue weighted by molar-refractivity contribution is 6.30. The maximum absolute atomic E-state index is 13.8. The fourth-order valence-corrected chi connectivity index (χ4v) is 1.95. The molecule has 0 bridgehead atoms. The average Bonchev–Trinajstić information content (AvgIpc) is 2.40. The van der Waals surface area contributed by atoms with Gasteiger partial charge in [0, 0.05) is 16.6 Å². The van der Waals surface area contributed by atoms with Crippen molar-refractivity contribution < 1.29 is 17.6 Å². The van der Waals surface area contributed by atoms with Gasteiger partial charge >= 0.3 is 6.18 Å². The van der Waals surface area contributed by atoms with Crippen LogP contribution in [0.3, 0.4) is 0 Å². The number of hydrogen-bond acceptors (Lipinski definition) is 4. The van der Waals surface area contributed by atoms with Gasteiger partial charge in [0.15, 0.2) is 5.69 Å². The molecule has 4 nitrogen and oxygen atoms in total. The minimum atomic E-state index is -4.67. The van der Waals surface area contributed by atoms with Crippen molar-refractivity contribution in [1.29, 1.82) is 0 Å². The molecular formula is C15H15ClF4N4. The Bertz CT molecular complexity index is 741. The van der Waals surface area contributed by atoms with E-state index in [-0.39, 0.29) is 22.5 Å². The molecule has 0 aliphatic heterocycles. The van der Waals surface area contributed by atoms with Gasteiger partial charge in [-0.2, -0.15) is 18.2 Å². The Labute approximate surface area is 141 Å². The van der Waals surface area contributed by atoms with E-state index in [1.54, 1.807) is 20.8 Å². The molecular weight excluding hydrogens is 348 g/mol. The lowest BCUT2D eigenvalue weighted by Crippen LogP contribution is -2.28. The van der Waals surface area contributed by atoms with Crippen molar-refractivity contribution in [2.45, 2.75) is 32.5 Å². The first-order valence-electron chi connectivity index (χ1n) is 6.90. The van der Waals surface area contributed by atoms with Crippen molar-refractivity contribution in [3.8, 4) is 0 Å². The van der Waals surface area contributed by atoms with E-state index >= 15 is 0 Å². The summed E-state index contributed by atoms with van der Waals surface area (Å²) in [7, 11) is 0. The van der Waals surface area contributed by atoms with Gasteiger partial charge < -0.3 is 10.6 Å². The highest BCUT2D eigenvalue weighted by atomic mass is 35.5. The summed E-state index contributed by atoms with van der Waals surface area (Å²) in [6.45, 7) is 5.25. The zero-order valence-corrected chi connectivity index (χ0v) is 13.8. The minimum absolute atomic E-state index is 0.0870. The second kappa shape index (κ2) is 6.43. The molecule has 0 aliphatic carbocycles. The van der Waals surface area contributed by atoms with E-state index in [0.29, 0.717) is 6.07 Å². The van der Waals surface area contributed by atoms with Gasteiger partial charge in [-0.05, 0) is 39.0 Å². The molecule has 0 saturated carbocycles. The Morgan fingerprint density at radius 2 is 1.71 bits per heavy atom. The summed E-state index contributed by atoms with van der Waals surface area (Å²) < 4.78 is 52.8. The van der Waals surface area contributed by atoms with Crippen LogP contribution in [0.4, 0.5) is 35.0 Å². The van der Waals surface area contributed by atoms with Crippen molar-refractivity contribution >= 4 is 29.1 Å². The van der Waals surface area contributed by atoms with E-state index in [1.807, 2.05) is 0 Å². The Morgan fingerprint density at radius 3 is 2.29 bits per heavy atom. The third-order valence-corrected chi connectivity index (χ3v) is 2.93. The van der Waals surface area contributed by atoms with Crippen LogP contribution in [0.25, 0.3) is 0 Å². The third kappa shape index (κ3) is 4.95. The average molecular weight is 363 g/mol. The molecule has 1 aromatic carbocycles. The summed E-state index contributed by atoms with van der Waals surface area (Å²) in [5, 5.41) is 5.50.